The van der Waals surface area contributed by atoms with E-state index in [9.17, 15) is 9.59 Å². The van der Waals surface area contributed by atoms with Crippen LogP contribution in [-0.4, -0.2) is 37.3 Å². The standard InChI is InChI=1S/C22H23N3O4S2/c1-13-7-5-6-8-16(13)19(26)25-21-18(24-22(30-4)31-21)20(27)23-12-14-9-10-15(28-2)11-17(14)29-3/h5-11H,12H2,1-4H3,(H,23,27)(H,25,26). The molecule has 0 fully saturated rings. The fraction of sp³-hybridized carbons (Fsp3) is 0.227. The second kappa shape index (κ2) is 10.3. The van der Waals surface area contributed by atoms with Gasteiger partial charge in [0.15, 0.2) is 10.0 Å². The predicted molar refractivity (Wildman–Crippen MR) is 124 cm³/mol. The van der Waals surface area contributed by atoms with Crippen molar-refractivity contribution in [1.29, 1.82) is 0 Å². The first-order valence-corrected chi connectivity index (χ1v) is 11.4. The first kappa shape index (κ1) is 22.6. The normalized spacial score (nSPS) is 10.5. The molecule has 2 N–H and O–H groups in total. The highest BCUT2D eigenvalue weighted by Crippen LogP contribution is 2.31. The highest BCUT2D eigenvalue weighted by Gasteiger charge is 2.21. The van der Waals surface area contributed by atoms with E-state index in [-0.39, 0.29) is 24.1 Å². The molecule has 0 aliphatic rings. The van der Waals surface area contributed by atoms with Gasteiger partial charge in [0.05, 0.1) is 14.2 Å². The third-order valence-corrected chi connectivity index (χ3v) is 6.50. The second-order valence-electron chi connectivity index (χ2n) is 6.49. The number of anilines is 1. The Morgan fingerprint density at radius 2 is 1.87 bits per heavy atom. The predicted octanol–water partition coefficient (Wildman–Crippen LogP) is 4.37. The van der Waals surface area contributed by atoms with Crippen molar-refractivity contribution in [3.05, 3.63) is 64.8 Å². The number of aromatic nitrogens is 1. The number of thiazole rings is 1. The Hall–Kier alpha value is -3.04. The van der Waals surface area contributed by atoms with E-state index in [1.807, 2.05) is 31.4 Å². The van der Waals surface area contributed by atoms with E-state index in [0.717, 1.165) is 11.1 Å². The van der Waals surface area contributed by atoms with Crippen LogP contribution in [0, 0.1) is 6.92 Å². The first-order valence-electron chi connectivity index (χ1n) is 9.37. The number of hydrogen-bond acceptors (Lipinski definition) is 7. The molecule has 0 saturated carbocycles. The van der Waals surface area contributed by atoms with Gasteiger partial charge in [0.25, 0.3) is 11.8 Å². The van der Waals surface area contributed by atoms with Crippen LogP contribution in [0.2, 0.25) is 0 Å². The molecule has 0 aliphatic heterocycles. The largest absolute Gasteiger partial charge is 0.497 e. The minimum atomic E-state index is -0.380. The summed E-state index contributed by atoms with van der Waals surface area (Å²) in [5, 5.41) is 6.11. The zero-order valence-corrected chi connectivity index (χ0v) is 19.3. The van der Waals surface area contributed by atoms with Gasteiger partial charge in [-0.25, -0.2) is 4.98 Å². The number of methoxy groups -OCH3 is 2. The lowest BCUT2D eigenvalue weighted by molar-refractivity contribution is 0.0947. The summed E-state index contributed by atoms with van der Waals surface area (Å²) in [5.41, 5.74) is 2.38. The Morgan fingerprint density at radius 1 is 1.10 bits per heavy atom. The zero-order valence-electron chi connectivity index (χ0n) is 17.6. The number of benzene rings is 2. The molecule has 0 spiro atoms. The first-order chi connectivity index (χ1) is 15.0. The summed E-state index contributed by atoms with van der Waals surface area (Å²) in [4.78, 5) is 30.0. The van der Waals surface area contributed by atoms with Crippen LogP contribution in [0.1, 0.15) is 32.0 Å². The highest BCUT2D eigenvalue weighted by molar-refractivity contribution is 8.00. The third kappa shape index (κ3) is 5.36. The zero-order chi connectivity index (χ0) is 22.4. The van der Waals surface area contributed by atoms with Gasteiger partial charge in [-0.1, -0.05) is 41.3 Å². The molecule has 0 bridgehead atoms. The van der Waals surface area contributed by atoms with Crippen LogP contribution >= 0.6 is 23.1 Å². The van der Waals surface area contributed by atoms with Gasteiger partial charge >= 0.3 is 0 Å². The number of carbonyl (C=O) groups excluding carboxylic acids is 2. The smallest absolute Gasteiger partial charge is 0.273 e. The molecule has 1 aromatic heterocycles. The second-order valence-corrected chi connectivity index (χ2v) is 8.54. The van der Waals surface area contributed by atoms with Crippen molar-refractivity contribution in [3.63, 3.8) is 0 Å². The Bertz CT molecular complexity index is 1100. The maximum Gasteiger partial charge on any atom is 0.273 e. The average molecular weight is 458 g/mol. The van der Waals surface area contributed by atoms with E-state index < -0.39 is 0 Å². The fourth-order valence-corrected chi connectivity index (χ4v) is 4.34. The Labute approximate surface area is 189 Å². The summed E-state index contributed by atoms with van der Waals surface area (Å²) >= 11 is 2.68. The van der Waals surface area contributed by atoms with Crippen molar-refractivity contribution in [2.75, 3.05) is 25.8 Å². The molecule has 7 nitrogen and oxygen atoms in total. The summed E-state index contributed by atoms with van der Waals surface area (Å²) in [5.74, 6) is 0.614. The van der Waals surface area contributed by atoms with Gasteiger partial charge in [-0.3, -0.25) is 9.59 Å². The molecule has 31 heavy (non-hydrogen) atoms. The van der Waals surface area contributed by atoms with Gasteiger partial charge in [-0.05, 0) is 36.9 Å². The van der Waals surface area contributed by atoms with Crippen LogP contribution in [0.4, 0.5) is 5.00 Å². The van der Waals surface area contributed by atoms with Gasteiger partial charge in [0, 0.05) is 23.7 Å². The van der Waals surface area contributed by atoms with E-state index in [1.165, 1.54) is 23.1 Å². The van der Waals surface area contributed by atoms with Crippen LogP contribution in [0.25, 0.3) is 0 Å². The molecular formula is C22H23N3O4S2. The molecule has 2 aromatic carbocycles. The maximum atomic E-state index is 12.9. The fourth-order valence-electron chi connectivity index (χ4n) is 2.88. The molecule has 0 saturated heterocycles. The molecule has 0 unspecified atom stereocenters. The number of thioether (sulfide) groups is 1. The highest BCUT2D eigenvalue weighted by atomic mass is 32.2. The number of rotatable bonds is 8. The number of nitrogens with zero attached hydrogens (tertiary/aromatic N) is 1. The van der Waals surface area contributed by atoms with Crippen LogP contribution in [0.15, 0.2) is 46.8 Å². The molecule has 0 atom stereocenters. The quantitative estimate of drug-likeness (QED) is 0.488. The van der Waals surface area contributed by atoms with Crippen molar-refractivity contribution < 1.29 is 19.1 Å². The average Bonchev–Trinajstić information content (AvgIpc) is 3.20. The molecule has 162 valence electrons. The van der Waals surface area contributed by atoms with Crippen molar-refractivity contribution in [2.24, 2.45) is 0 Å². The summed E-state index contributed by atoms with van der Waals surface area (Å²) in [6, 6.07) is 12.7. The van der Waals surface area contributed by atoms with Crippen molar-refractivity contribution in [1.82, 2.24) is 10.3 Å². The number of nitrogens with one attached hydrogen (secondary N) is 2. The van der Waals surface area contributed by atoms with Gasteiger partial charge in [-0.15, -0.1) is 0 Å². The van der Waals surface area contributed by atoms with Crippen LogP contribution < -0.4 is 20.1 Å². The van der Waals surface area contributed by atoms with Crippen LogP contribution in [-0.2, 0) is 6.54 Å². The van der Waals surface area contributed by atoms with Crippen LogP contribution in [0.5, 0.6) is 11.5 Å². The molecule has 0 radical (unpaired) electrons. The molecule has 9 heteroatoms. The monoisotopic (exact) mass is 457 g/mol. The SMILES string of the molecule is COc1ccc(CNC(=O)c2nc(SC)sc2NC(=O)c2ccccc2C)c(OC)c1. The summed E-state index contributed by atoms with van der Waals surface area (Å²) in [6.45, 7) is 2.11. The van der Waals surface area contributed by atoms with Gasteiger partial charge in [0.2, 0.25) is 0 Å². The number of aryl methyl sites for hydroxylation is 1. The Balaban J connectivity index is 1.78. The molecule has 0 aliphatic carbocycles. The van der Waals surface area contributed by atoms with Crippen molar-refractivity contribution >= 4 is 39.9 Å². The number of ether oxygens (including phenoxy) is 2. The van der Waals surface area contributed by atoms with Crippen molar-refractivity contribution in [3.8, 4) is 11.5 Å². The molecule has 2 amide bonds. The van der Waals surface area contributed by atoms with E-state index in [0.29, 0.717) is 26.4 Å². The molecule has 3 aromatic rings. The number of hydrogen-bond donors (Lipinski definition) is 2. The lowest BCUT2D eigenvalue weighted by Gasteiger charge is -2.11. The molecule has 1 heterocycles. The molecule has 3 rings (SSSR count). The third-order valence-electron chi connectivity index (χ3n) is 4.55. The van der Waals surface area contributed by atoms with Gasteiger partial charge in [0.1, 0.15) is 16.5 Å². The molecular weight excluding hydrogens is 434 g/mol. The lowest BCUT2D eigenvalue weighted by Crippen LogP contribution is -2.25. The number of carbonyl (C=O) groups is 2. The maximum absolute atomic E-state index is 12.9. The summed E-state index contributed by atoms with van der Waals surface area (Å²) < 4.78 is 11.3. The van der Waals surface area contributed by atoms with E-state index in [4.69, 9.17) is 9.47 Å². The summed E-state index contributed by atoms with van der Waals surface area (Å²) in [6.07, 6.45) is 1.87. The van der Waals surface area contributed by atoms with Gasteiger partial charge in [-0.2, -0.15) is 0 Å². The van der Waals surface area contributed by atoms with Crippen molar-refractivity contribution in [2.45, 2.75) is 17.8 Å². The van der Waals surface area contributed by atoms with E-state index in [1.54, 1.807) is 38.5 Å². The lowest BCUT2D eigenvalue weighted by atomic mass is 10.1. The Morgan fingerprint density at radius 3 is 2.55 bits per heavy atom. The Kier molecular flexibility index (Phi) is 7.54. The topological polar surface area (TPSA) is 89.5 Å². The minimum absolute atomic E-state index is 0.184. The van der Waals surface area contributed by atoms with E-state index in [2.05, 4.69) is 15.6 Å². The summed E-state index contributed by atoms with van der Waals surface area (Å²) in [7, 11) is 3.14. The van der Waals surface area contributed by atoms with Crippen LogP contribution in [0.3, 0.4) is 0 Å². The van der Waals surface area contributed by atoms with E-state index >= 15 is 0 Å². The minimum Gasteiger partial charge on any atom is -0.497 e. The number of amides is 2. The van der Waals surface area contributed by atoms with Gasteiger partial charge < -0.3 is 20.1 Å².